The van der Waals surface area contributed by atoms with Gasteiger partial charge in [0.1, 0.15) is 17.0 Å². The molecule has 0 amide bonds. The zero-order valence-electron chi connectivity index (χ0n) is 8.46. The average molecular weight is 227 g/mol. The third-order valence-electron chi connectivity index (χ3n) is 3.01. The molecular weight excluding hydrogens is 216 g/mol. The highest BCUT2D eigenvalue weighted by Gasteiger charge is 2.46. The van der Waals surface area contributed by atoms with Gasteiger partial charge in [0.15, 0.2) is 0 Å². The molecule has 0 aromatic heterocycles. The van der Waals surface area contributed by atoms with Gasteiger partial charge in [0, 0.05) is 12.1 Å². The first-order valence-corrected chi connectivity index (χ1v) is 4.96. The molecule has 2 N–H and O–H groups in total. The minimum Gasteiger partial charge on any atom is -0.481 e. The lowest BCUT2D eigenvalue weighted by atomic mass is 9.79. The van der Waals surface area contributed by atoms with Gasteiger partial charge in [-0.2, -0.15) is 0 Å². The van der Waals surface area contributed by atoms with Gasteiger partial charge in [-0.3, -0.25) is 4.79 Å². The molecule has 1 aliphatic rings. The van der Waals surface area contributed by atoms with Crippen LogP contribution in [0.1, 0.15) is 12.0 Å². The Morgan fingerprint density at radius 2 is 2.00 bits per heavy atom. The van der Waals surface area contributed by atoms with Gasteiger partial charge in [0.25, 0.3) is 0 Å². The van der Waals surface area contributed by atoms with E-state index in [1.165, 1.54) is 6.07 Å². The molecule has 1 saturated heterocycles. The summed E-state index contributed by atoms with van der Waals surface area (Å²) < 4.78 is 27.2. The number of hydrogen-bond acceptors (Lipinski definition) is 2. The molecule has 16 heavy (non-hydrogen) atoms. The molecule has 0 aliphatic carbocycles. The van der Waals surface area contributed by atoms with Crippen LogP contribution >= 0.6 is 0 Å². The predicted molar refractivity (Wildman–Crippen MR) is 53.2 cm³/mol. The maximum Gasteiger partial charge on any atom is 0.315 e. The van der Waals surface area contributed by atoms with Gasteiger partial charge in [0.2, 0.25) is 0 Å². The Morgan fingerprint density at radius 3 is 2.44 bits per heavy atom. The van der Waals surface area contributed by atoms with Crippen LogP contribution in [0.25, 0.3) is 0 Å². The van der Waals surface area contributed by atoms with Crippen LogP contribution in [0, 0.1) is 11.6 Å². The SMILES string of the molecule is O=C(O)C1(c2c(F)cccc2F)CCNC1. The molecule has 1 heterocycles. The standard InChI is InChI=1S/C11H11F2NO2/c12-7-2-1-3-8(13)9(7)11(10(15)16)4-5-14-6-11/h1-3,14H,4-6H2,(H,15,16). The Labute approximate surface area is 91.1 Å². The van der Waals surface area contributed by atoms with Crippen molar-refractivity contribution in [3.8, 4) is 0 Å². The molecule has 3 nitrogen and oxygen atoms in total. The third-order valence-corrected chi connectivity index (χ3v) is 3.01. The zero-order valence-corrected chi connectivity index (χ0v) is 8.46. The Balaban J connectivity index is 2.60. The van der Waals surface area contributed by atoms with Gasteiger partial charge in [-0.25, -0.2) is 8.78 Å². The molecule has 0 bridgehead atoms. The van der Waals surface area contributed by atoms with E-state index in [1.54, 1.807) is 0 Å². The van der Waals surface area contributed by atoms with Crippen molar-refractivity contribution >= 4 is 5.97 Å². The van der Waals surface area contributed by atoms with Crippen molar-refractivity contribution in [2.45, 2.75) is 11.8 Å². The van der Waals surface area contributed by atoms with Crippen LogP contribution in [-0.4, -0.2) is 24.2 Å². The van der Waals surface area contributed by atoms with Crippen molar-refractivity contribution < 1.29 is 18.7 Å². The molecule has 1 aromatic rings. The van der Waals surface area contributed by atoms with E-state index in [1.807, 2.05) is 0 Å². The van der Waals surface area contributed by atoms with Crippen LogP contribution in [0.4, 0.5) is 8.78 Å². The van der Waals surface area contributed by atoms with Crippen LogP contribution in [0.3, 0.4) is 0 Å². The number of carbonyl (C=O) groups is 1. The Hall–Kier alpha value is -1.49. The summed E-state index contributed by atoms with van der Waals surface area (Å²) in [4.78, 5) is 11.3. The summed E-state index contributed by atoms with van der Waals surface area (Å²) in [6.07, 6.45) is 0.195. The van der Waals surface area contributed by atoms with E-state index in [4.69, 9.17) is 0 Å². The van der Waals surface area contributed by atoms with Gasteiger partial charge in [-0.15, -0.1) is 0 Å². The van der Waals surface area contributed by atoms with Crippen LogP contribution < -0.4 is 5.32 Å². The normalized spacial score (nSPS) is 24.6. The molecule has 1 unspecified atom stereocenters. The summed E-state index contributed by atoms with van der Waals surface area (Å²) in [7, 11) is 0. The van der Waals surface area contributed by atoms with Crippen LogP contribution in [0.5, 0.6) is 0 Å². The lowest BCUT2D eigenvalue weighted by molar-refractivity contribution is -0.143. The van der Waals surface area contributed by atoms with Crippen LogP contribution in [-0.2, 0) is 10.2 Å². The van der Waals surface area contributed by atoms with Crippen LogP contribution in [0.2, 0.25) is 0 Å². The topological polar surface area (TPSA) is 49.3 Å². The molecule has 1 atom stereocenters. The lowest BCUT2D eigenvalue weighted by Crippen LogP contribution is -2.39. The Morgan fingerprint density at radius 1 is 1.38 bits per heavy atom. The molecule has 0 spiro atoms. The van der Waals surface area contributed by atoms with Gasteiger partial charge < -0.3 is 10.4 Å². The molecule has 0 saturated carbocycles. The fourth-order valence-corrected chi connectivity index (χ4v) is 2.15. The predicted octanol–water partition coefficient (Wildman–Crippen LogP) is 1.28. The molecule has 5 heteroatoms. The Kier molecular flexibility index (Phi) is 2.63. The number of halogens is 2. The number of carboxylic acid groups (broad SMARTS) is 1. The number of hydrogen-bond donors (Lipinski definition) is 2. The number of benzene rings is 1. The average Bonchev–Trinajstić information content (AvgIpc) is 2.67. The third kappa shape index (κ3) is 1.48. The first-order valence-electron chi connectivity index (χ1n) is 4.96. The number of rotatable bonds is 2. The quantitative estimate of drug-likeness (QED) is 0.800. The zero-order chi connectivity index (χ0) is 11.8. The van der Waals surface area contributed by atoms with Crippen molar-refractivity contribution in [2.75, 3.05) is 13.1 Å². The van der Waals surface area contributed by atoms with E-state index in [2.05, 4.69) is 5.32 Å². The van der Waals surface area contributed by atoms with Gasteiger partial charge in [-0.05, 0) is 25.1 Å². The van der Waals surface area contributed by atoms with E-state index in [0.717, 1.165) is 12.1 Å². The summed E-state index contributed by atoms with van der Waals surface area (Å²) in [6, 6.07) is 3.40. The Bertz CT molecular complexity index is 408. The maximum atomic E-state index is 13.6. The summed E-state index contributed by atoms with van der Waals surface area (Å²) >= 11 is 0. The first-order chi connectivity index (χ1) is 7.58. The van der Waals surface area contributed by atoms with Crippen molar-refractivity contribution in [1.82, 2.24) is 5.32 Å². The van der Waals surface area contributed by atoms with Gasteiger partial charge in [-0.1, -0.05) is 6.07 Å². The number of carboxylic acids is 1. The second-order valence-corrected chi connectivity index (χ2v) is 3.91. The minimum atomic E-state index is -1.48. The largest absolute Gasteiger partial charge is 0.481 e. The maximum absolute atomic E-state index is 13.6. The molecule has 1 aliphatic heterocycles. The molecule has 86 valence electrons. The highest BCUT2D eigenvalue weighted by Crippen LogP contribution is 2.34. The van der Waals surface area contributed by atoms with E-state index in [-0.39, 0.29) is 18.5 Å². The first kappa shape index (κ1) is 11.0. The fraction of sp³-hybridized carbons (Fsp3) is 0.364. The summed E-state index contributed by atoms with van der Waals surface area (Å²) in [5.41, 5.74) is -1.82. The number of aliphatic carboxylic acids is 1. The lowest BCUT2D eigenvalue weighted by Gasteiger charge is -2.24. The second-order valence-electron chi connectivity index (χ2n) is 3.91. The van der Waals surface area contributed by atoms with E-state index in [0.29, 0.717) is 6.54 Å². The summed E-state index contributed by atoms with van der Waals surface area (Å²) in [6.45, 7) is 0.500. The van der Waals surface area contributed by atoms with Crippen molar-refractivity contribution in [3.63, 3.8) is 0 Å². The molecular formula is C11H11F2NO2. The van der Waals surface area contributed by atoms with Crippen molar-refractivity contribution in [3.05, 3.63) is 35.4 Å². The summed E-state index contributed by atoms with van der Waals surface area (Å²) in [5, 5.41) is 12.0. The van der Waals surface area contributed by atoms with Gasteiger partial charge >= 0.3 is 5.97 Å². The van der Waals surface area contributed by atoms with Gasteiger partial charge in [0.05, 0.1) is 0 Å². The highest BCUT2D eigenvalue weighted by atomic mass is 19.1. The molecule has 0 radical (unpaired) electrons. The molecule has 2 rings (SSSR count). The van der Waals surface area contributed by atoms with E-state index < -0.39 is 23.0 Å². The number of nitrogens with one attached hydrogen (secondary N) is 1. The van der Waals surface area contributed by atoms with E-state index in [9.17, 15) is 18.7 Å². The molecule has 1 aromatic carbocycles. The van der Waals surface area contributed by atoms with Crippen LogP contribution in [0.15, 0.2) is 18.2 Å². The summed E-state index contributed by atoms with van der Waals surface area (Å²) in [5.74, 6) is -2.79. The fourth-order valence-electron chi connectivity index (χ4n) is 2.15. The molecule has 1 fully saturated rings. The second kappa shape index (κ2) is 3.83. The smallest absolute Gasteiger partial charge is 0.315 e. The van der Waals surface area contributed by atoms with E-state index >= 15 is 0 Å². The monoisotopic (exact) mass is 227 g/mol. The highest BCUT2D eigenvalue weighted by molar-refractivity contribution is 5.82. The van der Waals surface area contributed by atoms with Crippen molar-refractivity contribution in [1.29, 1.82) is 0 Å². The minimum absolute atomic E-state index is 0.0557. The van der Waals surface area contributed by atoms with Crippen molar-refractivity contribution in [2.24, 2.45) is 0 Å².